The van der Waals surface area contributed by atoms with E-state index in [1.807, 2.05) is 32.1 Å². The minimum atomic E-state index is -2.48. The molecule has 0 aromatic rings. The Morgan fingerprint density at radius 2 is 1.58 bits per heavy atom. The number of ether oxygens (including phenoxy) is 4. The van der Waals surface area contributed by atoms with E-state index >= 15 is 0 Å². The van der Waals surface area contributed by atoms with E-state index in [1.165, 1.54) is 7.11 Å². The maximum atomic E-state index is 14.3. The number of carbonyl (C=O) groups excluding carboxylic acids is 5. The number of aliphatic hydroxyl groups excluding tert-OH is 3. The lowest BCUT2D eigenvalue weighted by Crippen LogP contribution is -2.61. The molecule has 3 aliphatic heterocycles. The number of rotatable bonds is 5. The highest BCUT2D eigenvalue weighted by Gasteiger charge is 2.53. The molecule has 0 aromatic carbocycles. The third-order valence-electron chi connectivity index (χ3n) is 14.2. The summed E-state index contributed by atoms with van der Waals surface area (Å²) in [4.78, 5) is 71.4. The van der Waals surface area contributed by atoms with Crippen LogP contribution in [0.3, 0.4) is 0 Å². The van der Waals surface area contributed by atoms with Crippen molar-refractivity contribution in [2.75, 3.05) is 20.8 Å². The molecule has 0 radical (unpaired) electrons. The standard InChI is InChI=1S/C50H77NO13/c1-29-15-11-10-12-16-30(2)40(53)27-37-20-18-35(7)50(60,64-37)47(57)48(58)51-22-14-13-17-38(51)49(59)63-42(32(4)25-36-19-21-39(52)43(26-36)61-8)28-41(54)31(3)24-34(6)45(56)46(62-9)44(55)33(5)23-29/h10-12,15-16,24,29,31-33,35-40,42-43,45-46,52-53,56,60H,13-14,17-23,25-28H2,1-9H3/b12-10+,15-11+,30-16+,34-24+/t29-,31-,32-,33-,35-,36+,37?,38+,39?,40?,42+,43-,45-,46-,50-/m1/s1. The Balaban J connectivity index is 1.69. The number of cyclic esters (lactones) is 1. The normalized spacial score (nSPS) is 40.9. The Labute approximate surface area is 380 Å². The maximum Gasteiger partial charge on any atom is 0.329 e. The van der Waals surface area contributed by atoms with Crippen molar-refractivity contribution < 1.29 is 63.3 Å². The Hall–Kier alpha value is -3.37. The van der Waals surface area contributed by atoms with E-state index in [9.17, 15) is 44.4 Å². The van der Waals surface area contributed by atoms with Gasteiger partial charge >= 0.3 is 5.97 Å². The average molecular weight is 900 g/mol. The van der Waals surface area contributed by atoms with Crippen LogP contribution in [0.2, 0.25) is 0 Å². The number of Topliss-reactive ketones (excluding diaryl/α,β-unsaturated/α-hetero) is 3. The molecule has 1 saturated carbocycles. The van der Waals surface area contributed by atoms with Gasteiger partial charge < -0.3 is 44.3 Å². The first-order valence-corrected chi connectivity index (χ1v) is 23.5. The number of ketones is 3. The molecular formula is C50H77NO13. The van der Waals surface area contributed by atoms with Crippen LogP contribution in [0.4, 0.5) is 0 Å². The Morgan fingerprint density at radius 3 is 2.27 bits per heavy atom. The van der Waals surface area contributed by atoms with Crippen LogP contribution in [-0.4, -0.2) is 130 Å². The molecule has 14 nitrogen and oxygen atoms in total. The summed E-state index contributed by atoms with van der Waals surface area (Å²) in [5.74, 6) is -8.24. The second kappa shape index (κ2) is 24.4. The van der Waals surface area contributed by atoms with Crippen LogP contribution in [0.5, 0.6) is 0 Å². The topological polar surface area (TPSA) is 206 Å². The van der Waals surface area contributed by atoms with E-state index in [4.69, 9.17) is 18.9 Å². The number of methoxy groups -OCH3 is 2. The lowest BCUT2D eigenvalue weighted by atomic mass is 9.78. The molecule has 15 atom stereocenters. The molecule has 0 aromatic heterocycles. The van der Waals surface area contributed by atoms with Gasteiger partial charge in [0.05, 0.1) is 24.4 Å². The summed E-state index contributed by atoms with van der Waals surface area (Å²) < 4.78 is 23.3. The molecule has 0 spiro atoms. The molecule has 4 N–H and O–H groups in total. The third kappa shape index (κ3) is 13.8. The number of fused-ring (bicyclic) bond motifs is 3. The monoisotopic (exact) mass is 900 g/mol. The minimum absolute atomic E-state index is 0.00489. The van der Waals surface area contributed by atoms with Gasteiger partial charge in [-0.3, -0.25) is 19.2 Å². The van der Waals surface area contributed by atoms with E-state index in [1.54, 1.807) is 60.0 Å². The molecule has 3 unspecified atom stereocenters. The molecule has 360 valence electrons. The largest absolute Gasteiger partial charge is 0.460 e. The quantitative estimate of drug-likeness (QED) is 0.153. The van der Waals surface area contributed by atoms with E-state index in [0.29, 0.717) is 68.9 Å². The van der Waals surface area contributed by atoms with Gasteiger partial charge in [-0.05, 0) is 107 Å². The van der Waals surface area contributed by atoms with Gasteiger partial charge in [0.15, 0.2) is 5.78 Å². The number of hydrogen-bond donors (Lipinski definition) is 4. The summed E-state index contributed by atoms with van der Waals surface area (Å²) in [6.45, 7) is 12.5. The van der Waals surface area contributed by atoms with E-state index in [-0.39, 0.29) is 61.2 Å². The second-order valence-electron chi connectivity index (χ2n) is 19.4. The first-order valence-electron chi connectivity index (χ1n) is 23.5. The number of esters is 1. The summed E-state index contributed by atoms with van der Waals surface area (Å²) in [6.07, 6.45) is 9.53. The average Bonchev–Trinajstić information content (AvgIpc) is 3.26. The zero-order valence-electron chi connectivity index (χ0n) is 39.6. The van der Waals surface area contributed by atoms with Crippen molar-refractivity contribution in [3.05, 3.63) is 47.6 Å². The van der Waals surface area contributed by atoms with Gasteiger partial charge in [-0.15, -0.1) is 0 Å². The van der Waals surface area contributed by atoms with Crippen molar-refractivity contribution in [2.24, 2.45) is 35.5 Å². The van der Waals surface area contributed by atoms with Crippen molar-refractivity contribution in [2.45, 2.75) is 180 Å². The van der Waals surface area contributed by atoms with Gasteiger partial charge in [0.2, 0.25) is 5.79 Å². The minimum Gasteiger partial charge on any atom is -0.460 e. The van der Waals surface area contributed by atoms with Crippen molar-refractivity contribution in [3.63, 3.8) is 0 Å². The van der Waals surface area contributed by atoms with Gasteiger partial charge in [0.1, 0.15) is 30.1 Å². The lowest BCUT2D eigenvalue weighted by molar-refractivity contribution is -0.265. The van der Waals surface area contributed by atoms with Gasteiger partial charge in [0.25, 0.3) is 11.7 Å². The molecule has 64 heavy (non-hydrogen) atoms. The van der Waals surface area contributed by atoms with Gasteiger partial charge in [0, 0.05) is 51.4 Å². The molecular weight excluding hydrogens is 823 g/mol. The fraction of sp³-hybridized carbons (Fsp3) is 0.740. The molecule has 2 bridgehead atoms. The summed E-state index contributed by atoms with van der Waals surface area (Å²) in [5, 5.41) is 44.8. The van der Waals surface area contributed by atoms with Crippen LogP contribution in [0.15, 0.2) is 47.6 Å². The zero-order chi connectivity index (χ0) is 47.5. The Morgan fingerprint density at radius 1 is 0.859 bits per heavy atom. The first-order chi connectivity index (χ1) is 30.2. The van der Waals surface area contributed by atoms with Crippen LogP contribution in [-0.2, 0) is 42.9 Å². The Kier molecular flexibility index (Phi) is 20.3. The van der Waals surface area contributed by atoms with Crippen LogP contribution in [0, 0.1) is 35.5 Å². The van der Waals surface area contributed by atoms with Crippen LogP contribution < -0.4 is 0 Å². The lowest BCUT2D eigenvalue weighted by Gasteiger charge is -2.42. The zero-order valence-corrected chi connectivity index (χ0v) is 39.6. The fourth-order valence-corrected chi connectivity index (χ4v) is 9.85. The Bertz CT molecular complexity index is 1740. The highest BCUT2D eigenvalue weighted by atomic mass is 16.6. The molecule has 2 saturated heterocycles. The van der Waals surface area contributed by atoms with E-state index in [2.05, 4.69) is 0 Å². The predicted molar refractivity (Wildman–Crippen MR) is 240 cm³/mol. The SMILES string of the molecule is CO[C@@H]1C(=O)[C@H](C)C[C@H](C)/C=C/C=C/C=C(\C)C(O)CC2CC[C@@H](C)[C@@](O)(O2)C(=O)C(=O)N2CCCC[C@H]2C(=O)O[C@H]([C@H](C)C[C@@H]2CCC(O)[C@H](OC)C2)CC(=O)[C@H](C)/C=C(\C)[C@H]1O. The van der Waals surface area contributed by atoms with Crippen molar-refractivity contribution in [1.29, 1.82) is 0 Å². The molecule has 3 heterocycles. The number of allylic oxidation sites excluding steroid dienone is 6. The first kappa shape index (κ1) is 53.2. The molecule has 4 rings (SSSR count). The van der Waals surface area contributed by atoms with Crippen molar-refractivity contribution in [1.82, 2.24) is 4.90 Å². The van der Waals surface area contributed by atoms with E-state index in [0.717, 1.165) is 4.90 Å². The maximum absolute atomic E-state index is 14.3. The molecule has 3 fully saturated rings. The second-order valence-corrected chi connectivity index (χ2v) is 19.4. The third-order valence-corrected chi connectivity index (χ3v) is 14.2. The van der Waals surface area contributed by atoms with Crippen LogP contribution in [0.1, 0.15) is 126 Å². The number of amides is 1. The molecule has 14 heteroatoms. The molecule has 1 aliphatic carbocycles. The number of nitrogens with zero attached hydrogens (tertiary/aromatic N) is 1. The van der Waals surface area contributed by atoms with E-state index < -0.39 is 83.9 Å². The van der Waals surface area contributed by atoms with Gasteiger partial charge in [-0.1, -0.05) is 71.1 Å². The highest BCUT2D eigenvalue weighted by Crippen LogP contribution is 2.37. The number of piperidine rings is 1. The van der Waals surface area contributed by atoms with Gasteiger partial charge in [-0.2, -0.15) is 0 Å². The number of aliphatic hydroxyl groups is 4. The van der Waals surface area contributed by atoms with Crippen molar-refractivity contribution in [3.8, 4) is 0 Å². The van der Waals surface area contributed by atoms with Gasteiger partial charge in [-0.25, -0.2) is 4.79 Å². The molecule has 4 aliphatic rings. The number of carbonyl (C=O) groups is 5. The van der Waals surface area contributed by atoms with Crippen LogP contribution >= 0.6 is 0 Å². The number of hydrogen-bond acceptors (Lipinski definition) is 13. The summed E-state index contributed by atoms with van der Waals surface area (Å²) >= 11 is 0. The fourth-order valence-electron chi connectivity index (χ4n) is 9.85. The van der Waals surface area contributed by atoms with Crippen molar-refractivity contribution >= 4 is 29.2 Å². The van der Waals surface area contributed by atoms with Crippen LogP contribution in [0.25, 0.3) is 0 Å². The summed E-state index contributed by atoms with van der Waals surface area (Å²) in [6, 6.07) is -1.16. The summed E-state index contributed by atoms with van der Waals surface area (Å²) in [5.41, 5.74) is 1.000. The smallest absolute Gasteiger partial charge is 0.329 e. The highest BCUT2D eigenvalue weighted by molar-refractivity contribution is 6.39. The summed E-state index contributed by atoms with van der Waals surface area (Å²) in [7, 11) is 2.93. The molecule has 1 amide bonds. The predicted octanol–water partition coefficient (Wildman–Crippen LogP) is 5.53.